The van der Waals surface area contributed by atoms with Gasteiger partial charge in [-0.15, -0.1) is 0 Å². The van der Waals surface area contributed by atoms with Crippen LogP contribution in [0.4, 0.5) is 0 Å². The maximum atomic E-state index is 14.6. The summed E-state index contributed by atoms with van der Waals surface area (Å²) in [6.07, 6.45) is -0.824. The Kier molecular flexibility index (Phi) is 14.2. The minimum atomic E-state index is -4.15. The molecule has 0 heterocycles. The predicted molar refractivity (Wildman–Crippen MR) is 202 cm³/mol. The number of halogens is 4. The maximum absolute atomic E-state index is 14.6. The molecule has 0 fully saturated rings. The first-order valence-electron chi connectivity index (χ1n) is 15.3. The SMILES string of the molecule is Cc1cc(OP(=O)(CN(CC#N)CN(CC#N)CP(=O)(Oc2ccc(Cl)c(C)c2)Oc2ccc(Cl)c(C)c2)Oc2ccc(Cl)c(C)c2)ccc1Cl. The van der Waals surface area contributed by atoms with Gasteiger partial charge in [0.15, 0.2) is 0 Å². The summed E-state index contributed by atoms with van der Waals surface area (Å²) in [6, 6.07) is 23.2. The van der Waals surface area contributed by atoms with Crippen molar-refractivity contribution in [3.8, 4) is 35.1 Å². The van der Waals surface area contributed by atoms with Crippen LogP contribution in [-0.4, -0.2) is 42.1 Å². The molecule has 0 bridgehead atoms. The molecule has 0 aromatic heterocycles. The zero-order chi connectivity index (χ0) is 37.3. The van der Waals surface area contributed by atoms with Gasteiger partial charge in [0.25, 0.3) is 0 Å². The lowest BCUT2D eigenvalue weighted by Crippen LogP contribution is -2.40. The monoisotopic (exact) mass is 808 g/mol. The molecular formula is C35H34Cl4N4O6P2. The number of nitrogens with zero attached hydrogens (tertiary/aromatic N) is 4. The summed E-state index contributed by atoms with van der Waals surface area (Å²) in [5.41, 5.74) is 2.72. The molecule has 0 aliphatic rings. The van der Waals surface area contributed by atoms with Crippen LogP contribution in [0.5, 0.6) is 23.0 Å². The quantitative estimate of drug-likeness (QED) is 0.0613. The molecular weight excluding hydrogens is 776 g/mol. The second-order valence-electron chi connectivity index (χ2n) is 11.6. The fraction of sp³-hybridized carbons (Fsp3) is 0.257. The summed E-state index contributed by atoms with van der Waals surface area (Å²) < 4.78 is 53.2. The van der Waals surface area contributed by atoms with Crippen LogP contribution in [0.2, 0.25) is 20.1 Å². The van der Waals surface area contributed by atoms with Crippen molar-refractivity contribution in [2.24, 2.45) is 0 Å². The van der Waals surface area contributed by atoms with Gasteiger partial charge in [0.1, 0.15) is 35.6 Å². The first kappa shape index (κ1) is 40.4. The molecule has 51 heavy (non-hydrogen) atoms. The fourth-order valence-corrected chi connectivity index (χ4v) is 8.63. The van der Waals surface area contributed by atoms with Crippen LogP contribution in [0, 0.1) is 50.4 Å². The highest BCUT2D eigenvalue weighted by Crippen LogP contribution is 2.52. The Morgan fingerprint density at radius 1 is 0.529 bits per heavy atom. The lowest BCUT2D eigenvalue weighted by atomic mass is 10.2. The Hall–Kier alpha value is -3.40. The molecule has 10 nitrogen and oxygen atoms in total. The van der Waals surface area contributed by atoms with Crippen molar-refractivity contribution in [1.82, 2.24) is 9.80 Å². The van der Waals surface area contributed by atoms with Gasteiger partial charge in [-0.25, -0.2) is 9.13 Å². The van der Waals surface area contributed by atoms with E-state index in [-0.39, 0.29) is 42.8 Å². The lowest BCUT2D eigenvalue weighted by molar-refractivity contribution is 0.179. The summed E-state index contributed by atoms with van der Waals surface area (Å²) >= 11 is 24.8. The summed E-state index contributed by atoms with van der Waals surface area (Å²) in [7, 11) is -8.31. The van der Waals surface area contributed by atoms with Crippen LogP contribution in [-0.2, 0) is 9.13 Å². The molecule has 0 amide bonds. The van der Waals surface area contributed by atoms with E-state index < -0.39 is 27.8 Å². The molecule has 16 heteroatoms. The summed E-state index contributed by atoms with van der Waals surface area (Å²) in [5, 5.41) is 21.6. The van der Waals surface area contributed by atoms with Gasteiger partial charge in [-0.2, -0.15) is 10.5 Å². The minimum Gasteiger partial charge on any atom is -0.415 e. The van der Waals surface area contributed by atoms with Gasteiger partial charge in [0, 0.05) is 20.1 Å². The van der Waals surface area contributed by atoms with Gasteiger partial charge >= 0.3 is 15.2 Å². The summed E-state index contributed by atoms with van der Waals surface area (Å²) in [5.74, 6) is 0.887. The molecule has 0 N–H and O–H groups in total. The minimum absolute atomic E-state index is 0.187. The van der Waals surface area contributed by atoms with Crippen molar-refractivity contribution in [3.63, 3.8) is 0 Å². The Bertz CT molecular complexity index is 1810. The third-order valence-electron chi connectivity index (χ3n) is 7.23. The van der Waals surface area contributed by atoms with Gasteiger partial charge in [0.05, 0.1) is 31.9 Å². The Morgan fingerprint density at radius 3 is 1.00 bits per heavy atom. The van der Waals surface area contributed by atoms with Crippen molar-refractivity contribution in [2.75, 3.05) is 32.3 Å². The molecule has 268 valence electrons. The topological polar surface area (TPSA) is 125 Å². The normalized spacial score (nSPS) is 11.6. The number of aryl methyl sites for hydroxylation is 4. The van der Waals surface area contributed by atoms with Crippen LogP contribution in [0.3, 0.4) is 0 Å². The number of hydrogen-bond donors (Lipinski definition) is 0. The molecule has 0 radical (unpaired) electrons. The Morgan fingerprint density at radius 2 is 0.784 bits per heavy atom. The van der Waals surface area contributed by atoms with Crippen molar-refractivity contribution < 1.29 is 27.2 Å². The third-order valence-corrected chi connectivity index (χ3v) is 12.4. The van der Waals surface area contributed by atoms with E-state index in [1.807, 2.05) is 0 Å². The number of rotatable bonds is 16. The molecule has 0 saturated carbocycles. The lowest BCUT2D eigenvalue weighted by Gasteiger charge is -2.31. The molecule has 0 unspecified atom stereocenters. The van der Waals surface area contributed by atoms with Gasteiger partial charge < -0.3 is 18.1 Å². The molecule has 0 atom stereocenters. The molecule has 0 saturated heterocycles. The van der Waals surface area contributed by atoms with Crippen molar-refractivity contribution in [2.45, 2.75) is 27.7 Å². The highest BCUT2D eigenvalue weighted by Gasteiger charge is 2.36. The summed E-state index contributed by atoms with van der Waals surface area (Å²) in [6.45, 7) is 6.35. The molecule has 4 aromatic rings. The Labute approximate surface area is 318 Å². The van der Waals surface area contributed by atoms with Gasteiger partial charge in [-0.1, -0.05) is 46.4 Å². The molecule has 0 spiro atoms. The van der Waals surface area contributed by atoms with E-state index in [9.17, 15) is 19.7 Å². The third kappa shape index (κ3) is 11.8. The van der Waals surface area contributed by atoms with Crippen LogP contribution >= 0.6 is 61.6 Å². The smallest absolute Gasteiger partial charge is 0.415 e. The second-order valence-corrected chi connectivity index (χ2v) is 17.0. The largest absolute Gasteiger partial charge is 0.444 e. The first-order valence-corrected chi connectivity index (χ1v) is 20.3. The molecule has 0 aliphatic carbocycles. The van der Waals surface area contributed by atoms with Crippen molar-refractivity contribution >= 4 is 61.6 Å². The molecule has 0 aliphatic heterocycles. The second kappa shape index (κ2) is 17.9. The van der Waals surface area contributed by atoms with E-state index in [1.165, 1.54) is 9.80 Å². The van der Waals surface area contributed by atoms with E-state index in [2.05, 4.69) is 12.1 Å². The Balaban J connectivity index is 1.67. The zero-order valence-corrected chi connectivity index (χ0v) is 32.9. The first-order chi connectivity index (χ1) is 24.1. The van der Waals surface area contributed by atoms with Crippen molar-refractivity contribution in [1.29, 1.82) is 10.5 Å². The average molecular weight is 810 g/mol. The maximum Gasteiger partial charge on any atom is 0.444 e. The van der Waals surface area contributed by atoms with E-state index in [4.69, 9.17) is 64.5 Å². The average Bonchev–Trinajstić information content (AvgIpc) is 3.04. The van der Waals surface area contributed by atoms with Crippen LogP contribution in [0.25, 0.3) is 0 Å². The van der Waals surface area contributed by atoms with E-state index in [0.717, 1.165) is 0 Å². The van der Waals surface area contributed by atoms with E-state index in [1.54, 1.807) is 100 Å². The number of hydrogen-bond acceptors (Lipinski definition) is 10. The van der Waals surface area contributed by atoms with Crippen LogP contribution in [0.15, 0.2) is 72.8 Å². The molecule has 4 rings (SSSR count). The summed E-state index contributed by atoms with van der Waals surface area (Å²) in [4.78, 5) is 2.90. The van der Waals surface area contributed by atoms with E-state index >= 15 is 0 Å². The highest BCUT2D eigenvalue weighted by molar-refractivity contribution is 7.54. The van der Waals surface area contributed by atoms with Gasteiger partial charge in [-0.05, 0) is 123 Å². The van der Waals surface area contributed by atoms with Crippen LogP contribution < -0.4 is 18.1 Å². The number of benzene rings is 4. The zero-order valence-electron chi connectivity index (χ0n) is 28.1. The predicted octanol–water partition coefficient (Wildman–Crippen LogP) is 11.1. The fourth-order valence-electron chi connectivity index (χ4n) is 4.75. The number of nitriles is 2. The van der Waals surface area contributed by atoms with Crippen molar-refractivity contribution in [3.05, 3.63) is 115 Å². The van der Waals surface area contributed by atoms with Gasteiger partial charge in [-0.3, -0.25) is 9.80 Å². The standard InChI is InChI=1S/C35H34Cl4N4O6P2/c1-24-17-28(5-9-32(24)36)46-50(44,47-29-6-10-33(37)25(2)18-29)22-42(15-13-40)21-43(16-14-41)23-51(45,48-30-7-11-34(38)26(3)19-30)49-31-8-12-35(39)27(4)20-31/h5-12,17-20H,15-16,21-23H2,1-4H3. The highest BCUT2D eigenvalue weighted by atomic mass is 35.5. The molecule has 4 aromatic carbocycles. The van der Waals surface area contributed by atoms with E-state index in [0.29, 0.717) is 42.3 Å². The van der Waals surface area contributed by atoms with Gasteiger partial charge in [0.2, 0.25) is 0 Å². The van der Waals surface area contributed by atoms with Crippen LogP contribution in [0.1, 0.15) is 22.3 Å².